The highest BCUT2D eigenvalue weighted by Crippen LogP contribution is 2.30. The van der Waals surface area contributed by atoms with E-state index in [1.54, 1.807) is 30.3 Å². The van der Waals surface area contributed by atoms with Crippen molar-refractivity contribution in [3.05, 3.63) is 59.1 Å². The zero-order valence-electron chi connectivity index (χ0n) is 16.0. The van der Waals surface area contributed by atoms with Gasteiger partial charge in [-0.2, -0.15) is 0 Å². The van der Waals surface area contributed by atoms with Gasteiger partial charge in [0, 0.05) is 35.9 Å². The van der Waals surface area contributed by atoms with E-state index in [9.17, 15) is 9.59 Å². The van der Waals surface area contributed by atoms with Crippen molar-refractivity contribution in [3.63, 3.8) is 0 Å². The van der Waals surface area contributed by atoms with Crippen LogP contribution in [0.15, 0.2) is 53.4 Å². The van der Waals surface area contributed by atoms with Crippen LogP contribution >= 0.6 is 23.4 Å². The van der Waals surface area contributed by atoms with E-state index in [1.807, 2.05) is 32.0 Å². The van der Waals surface area contributed by atoms with Crippen molar-refractivity contribution in [1.29, 1.82) is 0 Å². The summed E-state index contributed by atoms with van der Waals surface area (Å²) in [6.45, 7) is 5.59. The van der Waals surface area contributed by atoms with Crippen molar-refractivity contribution < 1.29 is 14.3 Å². The van der Waals surface area contributed by atoms with Crippen LogP contribution in [0.4, 0.5) is 5.69 Å². The normalized spacial score (nSPS) is 11.7. The van der Waals surface area contributed by atoms with Gasteiger partial charge in [-0.25, -0.2) is 0 Å². The maximum Gasteiger partial charge on any atom is 0.251 e. The first-order valence-electron chi connectivity index (χ1n) is 9.19. The molecule has 0 radical (unpaired) electrons. The summed E-state index contributed by atoms with van der Waals surface area (Å²) >= 11 is 7.54. The Bertz CT molecular complexity index is 801. The molecule has 2 aromatic rings. The van der Waals surface area contributed by atoms with E-state index in [-0.39, 0.29) is 17.1 Å². The maximum absolute atomic E-state index is 12.5. The van der Waals surface area contributed by atoms with E-state index >= 15 is 0 Å². The fourth-order valence-electron chi connectivity index (χ4n) is 2.39. The summed E-state index contributed by atoms with van der Waals surface area (Å²) in [5.74, 6) is -0.328. The molecule has 7 heteroatoms. The number of halogens is 1. The molecule has 2 rings (SSSR count). The fourth-order valence-corrected chi connectivity index (χ4v) is 3.54. The van der Waals surface area contributed by atoms with Crippen molar-refractivity contribution in [2.75, 3.05) is 25.1 Å². The maximum atomic E-state index is 12.5. The van der Waals surface area contributed by atoms with Crippen LogP contribution in [-0.2, 0) is 9.53 Å². The van der Waals surface area contributed by atoms with Gasteiger partial charge in [0.05, 0.1) is 10.3 Å². The summed E-state index contributed by atoms with van der Waals surface area (Å²) in [7, 11) is 0. The molecule has 0 fully saturated rings. The molecular formula is C21H25ClN2O3S. The smallest absolute Gasteiger partial charge is 0.251 e. The number of rotatable bonds is 10. The minimum Gasteiger partial charge on any atom is -0.382 e. The van der Waals surface area contributed by atoms with Crippen molar-refractivity contribution in [2.45, 2.75) is 30.4 Å². The van der Waals surface area contributed by atoms with Crippen molar-refractivity contribution in [1.82, 2.24) is 5.32 Å². The van der Waals surface area contributed by atoms with Crippen LogP contribution in [-0.4, -0.2) is 36.8 Å². The number of carbonyl (C=O) groups excluding carboxylic acids is 2. The molecule has 2 amide bonds. The van der Waals surface area contributed by atoms with Gasteiger partial charge in [-0.15, -0.1) is 11.8 Å². The molecule has 2 N–H and O–H groups in total. The van der Waals surface area contributed by atoms with Crippen molar-refractivity contribution in [2.24, 2.45) is 0 Å². The predicted octanol–water partition coefficient (Wildman–Crippen LogP) is 4.62. The lowest BCUT2D eigenvalue weighted by atomic mass is 10.2. The second kappa shape index (κ2) is 11.7. The Morgan fingerprint density at radius 3 is 2.71 bits per heavy atom. The molecule has 0 heterocycles. The van der Waals surface area contributed by atoms with Gasteiger partial charge in [0.25, 0.3) is 5.91 Å². The Morgan fingerprint density at radius 1 is 1.18 bits per heavy atom. The number of hydrogen-bond acceptors (Lipinski definition) is 4. The van der Waals surface area contributed by atoms with Gasteiger partial charge in [0.2, 0.25) is 5.91 Å². The fraction of sp³-hybridized carbons (Fsp3) is 0.333. The average molecular weight is 421 g/mol. The lowest BCUT2D eigenvalue weighted by Gasteiger charge is -2.13. The molecule has 1 atom stereocenters. The Morgan fingerprint density at radius 2 is 1.96 bits per heavy atom. The van der Waals surface area contributed by atoms with E-state index < -0.39 is 0 Å². The van der Waals surface area contributed by atoms with Gasteiger partial charge < -0.3 is 15.4 Å². The Kier molecular flexibility index (Phi) is 9.34. The highest BCUT2D eigenvalue weighted by molar-refractivity contribution is 8.00. The van der Waals surface area contributed by atoms with Crippen molar-refractivity contribution >= 4 is 40.9 Å². The van der Waals surface area contributed by atoms with E-state index in [0.717, 1.165) is 11.3 Å². The van der Waals surface area contributed by atoms with Crippen LogP contribution in [0.5, 0.6) is 0 Å². The molecule has 28 heavy (non-hydrogen) atoms. The van der Waals surface area contributed by atoms with Gasteiger partial charge in [0.1, 0.15) is 0 Å². The monoisotopic (exact) mass is 420 g/mol. The molecular weight excluding hydrogens is 396 g/mol. The molecule has 5 nitrogen and oxygen atoms in total. The zero-order chi connectivity index (χ0) is 20.4. The molecule has 1 unspecified atom stereocenters. The minimum absolute atomic E-state index is 0.154. The van der Waals surface area contributed by atoms with Gasteiger partial charge >= 0.3 is 0 Å². The highest BCUT2D eigenvalue weighted by Gasteiger charge is 2.16. The summed E-state index contributed by atoms with van der Waals surface area (Å²) in [4.78, 5) is 25.6. The summed E-state index contributed by atoms with van der Waals surface area (Å²) < 4.78 is 5.25. The third-order valence-corrected chi connectivity index (χ3v) is 5.48. The minimum atomic E-state index is -0.337. The number of anilines is 1. The lowest BCUT2D eigenvalue weighted by molar-refractivity contribution is -0.115. The number of nitrogens with one attached hydrogen (secondary N) is 2. The molecule has 0 aliphatic heterocycles. The van der Waals surface area contributed by atoms with E-state index in [2.05, 4.69) is 10.6 Å². The van der Waals surface area contributed by atoms with Crippen LogP contribution in [0.1, 0.15) is 30.6 Å². The van der Waals surface area contributed by atoms with E-state index in [4.69, 9.17) is 16.3 Å². The molecule has 2 aromatic carbocycles. The first kappa shape index (κ1) is 22.3. The second-order valence-electron chi connectivity index (χ2n) is 6.07. The third-order valence-electron chi connectivity index (χ3n) is 3.86. The van der Waals surface area contributed by atoms with E-state index in [1.165, 1.54) is 11.8 Å². The van der Waals surface area contributed by atoms with Gasteiger partial charge in [0.15, 0.2) is 0 Å². The Balaban J connectivity index is 1.89. The van der Waals surface area contributed by atoms with Crippen LogP contribution in [0.3, 0.4) is 0 Å². The van der Waals surface area contributed by atoms with Crippen LogP contribution in [0, 0.1) is 0 Å². The summed E-state index contributed by atoms with van der Waals surface area (Å²) in [6, 6.07) is 14.3. The molecule has 0 spiro atoms. The molecule has 150 valence electrons. The second-order valence-corrected chi connectivity index (χ2v) is 7.86. The largest absolute Gasteiger partial charge is 0.382 e. The summed E-state index contributed by atoms with van der Waals surface area (Å²) in [5, 5.41) is 5.99. The highest BCUT2D eigenvalue weighted by atomic mass is 35.5. The zero-order valence-corrected chi connectivity index (χ0v) is 17.6. The third kappa shape index (κ3) is 7.19. The predicted molar refractivity (Wildman–Crippen MR) is 115 cm³/mol. The Hall–Kier alpha value is -2.02. The quantitative estimate of drug-likeness (QED) is 0.435. The summed E-state index contributed by atoms with van der Waals surface area (Å²) in [5.41, 5.74) is 1.08. The SMILES string of the molecule is CCOCCCNC(=O)c1cccc(NC(=O)C(C)Sc2ccccc2Cl)c1. The topological polar surface area (TPSA) is 67.4 Å². The van der Waals surface area contributed by atoms with Crippen molar-refractivity contribution in [3.8, 4) is 0 Å². The molecule has 0 bridgehead atoms. The molecule has 0 aliphatic carbocycles. The van der Waals surface area contributed by atoms with Crippen LogP contribution < -0.4 is 10.6 Å². The molecule has 0 aliphatic rings. The standard InChI is InChI=1S/C21H25ClN2O3S/c1-3-27-13-7-12-23-21(26)16-8-6-9-17(14-16)24-20(25)15(2)28-19-11-5-4-10-18(19)22/h4-6,8-11,14-15H,3,7,12-13H2,1-2H3,(H,23,26)(H,24,25). The first-order valence-corrected chi connectivity index (χ1v) is 10.4. The number of carbonyl (C=O) groups is 2. The number of thioether (sulfide) groups is 1. The molecule has 0 saturated heterocycles. The van der Waals surface area contributed by atoms with Crippen LogP contribution in [0.2, 0.25) is 5.02 Å². The molecule has 0 aromatic heterocycles. The number of benzene rings is 2. The Labute approximate surface area is 175 Å². The first-order chi connectivity index (χ1) is 13.5. The number of ether oxygens (including phenoxy) is 1. The number of hydrogen-bond donors (Lipinski definition) is 2. The van der Waals surface area contributed by atoms with Gasteiger partial charge in [-0.1, -0.05) is 29.8 Å². The van der Waals surface area contributed by atoms with Gasteiger partial charge in [-0.3, -0.25) is 9.59 Å². The average Bonchev–Trinajstić information content (AvgIpc) is 2.69. The summed E-state index contributed by atoms with van der Waals surface area (Å²) in [6.07, 6.45) is 0.757. The van der Waals surface area contributed by atoms with Crippen LogP contribution in [0.25, 0.3) is 0 Å². The lowest BCUT2D eigenvalue weighted by Crippen LogP contribution is -2.26. The van der Waals surface area contributed by atoms with E-state index in [0.29, 0.717) is 36.0 Å². The number of amides is 2. The van der Waals surface area contributed by atoms with Gasteiger partial charge in [-0.05, 0) is 50.6 Å². The molecule has 0 saturated carbocycles.